The fourth-order valence-electron chi connectivity index (χ4n) is 2.55. The summed E-state index contributed by atoms with van der Waals surface area (Å²) in [6, 6.07) is 8.35. The van der Waals surface area contributed by atoms with Crippen LogP contribution in [0, 0.1) is 5.92 Å². The molecular formula is C15H22N2. The number of amidine groups is 1. The number of para-hydroxylation sites is 1. The van der Waals surface area contributed by atoms with E-state index in [-0.39, 0.29) is 0 Å². The molecule has 0 amide bonds. The van der Waals surface area contributed by atoms with Gasteiger partial charge in [0.05, 0.1) is 5.69 Å². The molecule has 1 saturated carbocycles. The lowest BCUT2D eigenvalue weighted by Gasteiger charge is -2.10. The first-order valence-corrected chi connectivity index (χ1v) is 6.73. The molecule has 2 nitrogen and oxygen atoms in total. The molecule has 92 valence electrons. The van der Waals surface area contributed by atoms with E-state index in [9.17, 15) is 0 Å². The first kappa shape index (κ1) is 12.2. The van der Waals surface area contributed by atoms with E-state index in [2.05, 4.69) is 30.1 Å². The summed E-state index contributed by atoms with van der Waals surface area (Å²) in [5, 5.41) is 0. The molecule has 0 aromatic heterocycles. The summed E-state index contributed by atoms with van der Waals surface area (Å²) >= 11 is 0. The Labute approximate surface area is 104 Å². The topological polar surface area (TPSA) is 38.4 Å². The van der Waals surface area contributed by atoms with Crippen LogP contribution in [0.2, 0.25) is 0 Å². The zero-order chi connectivity index (χ0) is 12.1. The van der Waals surface area contributed by atoms with Gasteiger partial charge in [-0.2, -0.15) is 0 Å². The Bertz CT molecular complexity index is 390. The first-order valence-electron chi connectivity index (χ1n) is 6.73. The maximum absolute atomic E-state index is 6.13. The van der Waals surface area contributed by atoms with Crippen molar-refractivity contribution in [3.8, 4) is 0 Å². The molecular weight excluding hydrogens is 208 g/mol. The van der Waals surface area contributed by atoms with Gasteiger partial charge >= 0.3 is 0 Å². The number of aryl methyl sites for hydroxylation is 1. The Morgan fingerprint density at radius 2 is 2.00 bits per heavy atom. The maximum atomic E-state index is 6.13. The fourth-order valence-corrected chi connectivity index (χ4v) is 2.55. The largest absolute Gasteiger partial charge is 0.387 e. The summed E-state index contributed by atoms with van der Waals surface area (Å²) in [6.45, 7) is 2.20. The molecule has 0 atom stereocenters. The van der Waals surface area contributed by atoms with Gasteiger partial charge in [-0.05, 0) is 30.9 Å². The number of rotatable bonds is 4. The van der Waals surface area contributed by atoms with Crippen LogP contribution in [-0.4, -0.2) is 5.84 Å². The van der Waals surface area contributed by atoms with Gasteiger partial charge in [0.2, 0.25) is 0 Å². The minimum absolute atomic E-state index is 0.518. The van der Waals surface area contributed by atoms with E-state index in [0.717, 1.165) is 24.4 Å². The van der Waals surface area contributed by atoms with Crippen LogP contribution in [0.3, 0.4) is 0 Å². The highest BCUT2D eigenvalue weighted by atomic mass is 14.9. The molecule has 2 N–H and O–H groups in total. The molecule has 1 fully saturated rings. The van der Waals surface area contributed by atoms with E-state index in [1.165, 1.54) is 31.2 Å². The van der Waals surface area contributed by atoms with Crippen molar-refractivity contribution in [2.45, 2.75) is 45.4 Å². The Morgan fingerprint density at radius 3 is 2.71 bits per heavy atom. The highest BCUT2D eigenvalue weighted by molar-refractivity contribution is 5.86. The van der Waals surface area contributed by atoms with Gasteiger partial charge in [0.15, 0.2) is 0 Å². The Kier molecular flexibility index (Phi) is 4.18. The van der Waals surface area contributed by atoms with Crippen LogP contribution in [0.5, 0.6) is 0 Å². The number of benzene rings is 1. The van der Waals surface area contributed by atoms with E-state index in [0.29, 0.717) is 5.92 Å². The van der Waals surface area contributed by atoms with Crippen LogP contribution in [0.25, 0.3) is 0 Å². The predicted molar refractivity (Wildman–Crippen MR) is 73.7 cm³/mol. The van der Waals surface area contributed by atoms with Gasteiger partial charge in [-0.25, -0.2) is 4.99 Å². The van der Waals surface area contributed by atoms with Crippen LogP contribution < -0.4 is 5.73 Å². The standard InChI is InChI=1S/C15H22N2/c1-2-7-12-8-5-6-11-14(12)17-15(16)13-9-3-4-10-13/h5-6,8,11,13H,2-4,7,9-10H2,1H3,(H2,16,17). The van der Waals surface area contributed by atoms with Gasteiger partial charge in [0.1, 0.15) is 5.84 Å². The molecule has 1 aromatic rings. The van der Waals surface area contributed by atoms with Crippen molar-refractivity contribution < 1.29 is 0 Å². The lowest BCUT2D eigenvalue weighted by atomic mass is 10.1. The molecule has 1 aliphatic carbocycles. The lowest BCUT2D eigenvalue weighted by molar-refractivity contribution is 0.722. The SMILES string of the molecule is CCCc1ccccc1N=C(N)C1CCCC1. The average molecular weight is 230 g/mol. The average Bonchev–Trinajstić information content (AvgIpc) is 2.85. The number of hydrogen-bond acceptors (Lipinski definition) is 1. The zero-order valence-corrected chi connectivity index (χ0v) is 10.7. The van der Waals surface area contributed by atoms with Gasteiger partial charge in [-0.3, -0.25) is 0 Å². The number of hydrogen-bond donors (Lipinski definition) is 1. The predicted octanol–water partition coefficient (Wildman–Crippen LogP) is 3.82. The van der Waals surface area contributed by atoms with Crippen molar-refractivity contribution in [3.63, 3.8) is 0 Å². The van der Waals surface area contributed by atoms with E-state index in [4.69, 9.17) is 5.73 Å². The molecule has 0 radical (unpaired) electrons. The highest BCUT2D eigenvalue weighted by Gasteiger charge is 2.18. The molecule has 0 spiro atoms. The molecule has 0 unspecified atom stereocenters. The minimum atomic E-state index is 0.518. The van der Waals surface area contributed by atoms with E-state index < -0.39 is 0 Å². The smallest absolute Gasteiger partial charge is 0.103 e. The van der Waals surface area contributed by atoms with Crippen molar-refractivity contribution in [2.24, 2.45) is 16.6 Å². The second kappa shape index (κ2) is 5.85. The van der Waals surface area contributed by atoms with Crippen LogP contribution in [0.15, 0.2) is 29.3 Å². The molecule has 0 heterocycles. The number of nitrogens with zero attached hydrogens (tertiary/aromatic N) is 1. The van der Waals surface area contributed by atoms with Crippen LogP contribution in [0.4, 0.5) is 5.69 Å². The van der Waals surface area contributed by atoms with E-state index in [1.807, 2.05) is 6.07 Å². The summed E-state index contributed by atoms with van der Waals surface area (Å²) in [6.07, 6.45) is 7.26. The normalized spacial score (nSPS) is 17.6. The monoisotopic (exact) mass is 230 g/mol. The van der Waals surface area contributed by atoms with Gasteiger partial charge in [-0.15, -0.1) is 0 Å². The van der Waals surface area contributed by atoms with Crippen molar-refractivity contribution in [1.29, 1.82) is 0 Å². The lowest BCUT2D eigenvalue weighted by Crippen LogP contribution is -2.20. The molecule has 0 saturated heterocycles. The quantitative estimate of drug-likeness (QED) is 0.619. The third kappa shape index (κ3) is 3.09. The Morgan fingerprint density at radius 1 is 1.29 bits per heavy atom. The molecule has 2 heteroatoms. The minimum Gasteiger partial charge on any atom is -0.387 e. The Balaban J connectivity index is 2.18. The maximum Gasteiger partial charge on any atom is 0.103 e. The fraction of sp³-hybridized carbons (Fsp3) is 0.533. The summed E-state index contributed by atoms with van der Waals surface area (Å²) in [7, 11) is 0. The summed E-state index contributed by atoms with van der Waals surface area (Å²) in [5.41, 5.74) is 8.51. The van der Waals surface area contributed by atoms with Gasteiger partial charge in [-0.1, -0.05) is 44.4 Å². The summed E-state index contributed by atoms with van der Waals surface area (Å²) < 4.78 is 0. The van der Waals surface area contributed by atoms with E-state index in [1.54, 1.807) is 0 Å². The van der Waals surface area contributed by atoms with E-state index >= 15 is 0 Å². The molecule has 1 aromatic carbocycles. The second-order valence-corrected chi connectivity index (χ2v) is 4.90. The second-order valence-electron chi connectivity index (χ2n) is 4.90. The summed E-state index contributed by atoms with van der Waals surface area (Å²) in [5.74, 6) is 1.36. The molecule has 0 bridgehead atoms. The highest BCUT2D eigenvalue weighted by Crippen LogP contribution is 2.27. The zero-order valence-electron chi connectivity index (χ0n) is 10.7. The van der Waals surface area contributed by atoms with Crippen LogP contribution in [0.1, 0.15) is 44.6 Å². The van der Waals surface area contributed by atoms with Crippen molar-refractivity contribution in [2.75, 3.05) is 0 Å². The molecule has 17 heavy (non-hydrogen) atoms. The number of aliphatic imine (C=N–C) groups is 1. The van der Waals surface area contributed by atoms with Gasteiger partial charge in [0.25, 0.3) is 0 Å². The Hall–Kier alpha value is -1.31. The van der Waals surface area contributed by atoms with Gasteiger partial charge < -0.3 is 5.73 Å². The molecule has 1 aliphatic rings. The van der Waals surface area contributed by atoms with Gasteiger partial charge in [0, 0.05) is 5.92 Å². The van der Waals surface area contributed by atoms with Crippen molar-refractivity contribution >= 4 is 11.5 Å². The van der Waals surface area contributed by atoms with Crippen molar-refractivity contribution in [1.82, 2.24) is 0 Å². The third-order valence-corrected chi connectivity index (χ3v) is 3.53. The van der Waals surface area contributed by atoms with Crippen LogP contribution >= 0.6 is 0 Å². The first-order chi connectivity index (χ1) is 8.31. The number of nitrogens with two attached hydrogens (primary N) is 1. The van der Waals surface area contributed by atoms with Crippen molar-refractivity contribution in [3.05, 3.63) is 29.8 Å². The molecule has 2 rings (SSSR count). The summed E-state index contributed by atoms with van der Waals surface area (Å²) in [4.78, 5) is 4.65. The molecule has 0 aliphatic heterocycles. The third-order valence-electron chi connectivity index (χ3n) is 3.53. The van der Waals surface area contributed by atoms with Crippen LogP contribution in [-0.2, 0) is 6.42 Å².